The smallest absolute Gasteiger partial charge is 0.317 e. The molecule has 1 saturated heterocycles. The van der Waals surface area contributed by atoms with Crippen LogP contribution in [0.3, 0.4) is 0 Å². The number of likely N-dealkylation sites (tertiary alicyclic amines) is 1. The Bertz CT molecular complexity index is 755. The number of rotatable bonds is 7. The van der Waals surface area contributed by atoms with Crippen LogP contribution in [0.5, 0.6) is 0 Å². The first-order valence-electron chi connectivity index (χ1n) is 9.49. The number of nitrogens with zero attached hydrogens (tertiary/aromatic N) is 4. The summed E-state index contributed by atoms with van der Waals surface area (Å²) >= 11 is 0. The predicted octanol–water partition coefficient (Wildman–Crippen LogP) is 3.26. The minimum Gasteiger partial charge on any atom is -0.480 e. The second-order valence-electron chi connectivity index (χ2n) is 7.60. The summed E-state index contributed by atoms with van der Waals surface area (Å²) in [6, 6.07) is 8.60. The van der Waals surface area contributed by atoms with Crippen LogP contribution in [0.2, 0.25) is 0 Å². The molecule has 28 heavy (non-hydrogen) atoms. The monoisotopic (exact) mass is 408 g/mol. The van der Waals surface area contributed by atoms with Crippen LogP contribution in [0.25, 0.3) is 11.4 Å². The second kappa shape index (κ2) is 10.0. The molecule has 1 N–H and O–H groups in total. The largest absolute Gasteiger partial charge is 0.480 e. The van der Waals surface area contributed by atoms with Crippen molar-refractivity contribution >= 4 is 18.4 Å². The number of aromatic nitrogens is 2. The molecule has 154 valence electrons. The highest BCUT2D eigenvalue weighted by molar-refractivity contribution is 5.85. The van der Waals surface area contributed by atoms with Gasteiger partial charge in [-0.15, -0.1) is 12.4 Å². The molecule has 1 aromatic carbocycles. The van der Waals surface area contributed by atoms with Gasteiger partial charge in [-0.3, -0.25) is 14.6 Å². The maximum Gasteiger partial charge on any atom is 0.317 e. The molecule has 3 rings (SSSR count). The van der Waals surface area contributed by atoms with Crippen molar-refractivity contribution in [3.8, 4) is 11.4 Å². The third kappa shape index (κ3) is 5.77. The van der Waals surface area contributed by atoms with Gasteiger partial charge in [-0.2, -0.15) is 4.98 Å². The molecule has 8 heteroatoms. The van der Waals surface area contributed by atoms with E-state index in [1.807, 2.05) is 24.1 Å². The van der Waals surface area contributed by atoms with Crippen LogP contribution >= 0.6 is 12.4 Å². The maximum atomic E-state index is 10.8. The normalized spacial score (nSPS) is 15.8. The van der Waals surface area contributed by atoms with Gasteiger partial charge in [0.25, 0.3) is 0 Å². The fourth-order valence-electron chi connectivity index (χ4n) is 3.51. The lowest BCUT2D eigenvalue weighted by atomic mass is 10.0. The number of carbonyl (C=O) groups is 1. The summed E-state index contributed by atoms with van der Waals surface area (Å²) in [5.41, 5.74) is 2.25. The molecule has 2 aromatic rings. The van der Waals surface area contributed by atoms with E-state index in [0.717, 1.165) is 31.5 Å². The summed E-state index contributed by atoms with van der Waals surface area (Å²) in [5, 5.41) is 13.0. The number of likely N-dealkylation sites (N-methyl/N-ethyl adjacent to an activating group) is 1. The summed E-state index contributed by atoms with van der Waals surface area (Å²) in [6.07, 6.45) is 1.89. The highest BCUT2D eigenvalue weighted by Gasteiger charge is 2.24. The van der Waals surface area contributed by atoms with E-state index in [4.69, 9.17) is 9.63 Å². The minimum atomic E-state index is -0.778. The number of halogens is 1. The highest BCUT2D eigenvalue weighted by Crippen LogP contribution is 2.22. The zero-order valence-electron chi connectivity index (χ0n) is 16.7. The van der Waals surface area contributed by atoms with E-state index in [1.165, 1.54) is 5.56 Å². The van der Waals surface area contributed by atoms with Gasteiger partial charge in [-0.05, 0) is 31.4 Å². The van der Waals surface area contributed by atoms with Crippen LogP contribution in [0, 0.1) is 0 Å². The van der Waals surface area contributed by atoms with E-state index in [1.54, 1.807) is 0 Å². The summed E-state index contributed by atoms with van der Waals surface area (Å²) in [5.74, 6) is 0.962. The van der Waals surface area contributed by atoms with Crippen LogP contribution in [0.15, 0.2) is 28.8 Å². The zero-order valence-corrected chi connectivity index (χ0v) is 17.5. The first kappa shape index (κ1) is 22.3. The molecule has 0 aliphatic carbocycles. The molecular weight excluding hydrogens is 380 g/mol. The van der Waals surface area contributed by atoms with Gasteiger partial charge >= 0.3 is 5.97 Å². The summed E-state index contributed by atoms with van der Waals surface area (Å²) in [6.45, 7) is 6.86. The molecule has 1 fully saturated rings. The van der Waals surface area contributed by atoms with Crippen molar-refractivity contribution < 1.29 is 14.4 Å². The van der Waals surface area contributed by atoms with Gasteiger partial charge in [0.1, 0.15) is 0 Å². The quantitative estimate of drug-likeness (QED) is 0.752. The third-order valence-corrected chi connectivity index (χ3v) is 5.23. The molecule has 0 bridgehead atoms. The molecule has 0 atom stereocenters. The number of piperidine rings is 1. The second-order valence-corrected chi connectivity index (χ2v) is 7.60. The first-order chi connectivity index (χ1) is 12.9. The van der Waals surface area contributed by atoms with Gasteiger partial charge in [-0.1, -0.05) is 43.3 Å². The molecule has 0 amide bonds. The zero-order chi connectivity index (χ0) is 19.4. The third-order valence-electron chi connectivity index (χ3n) is 5.23. The first-order valence-corrected chi connectivity index (χ1v) is 9.49. The van der Waals surface area contributed by atoms with Crippen molar-refractivity contribution in [2.45, 2.75) is 45.2 Å². The molecule has 2 heterocycles. The Hall–Kier alpha value is -1.96. The average molecular weight is 409 g/mol. The lowest BCUT2D eigenvalue weighted by molar-refractivity contribution is -0.138. The molecular formula is C20H29ClN4O3. The number of carboxylic acid groups (broad SMARTS) is 1. The Balaban J connectivity index is 0.00000280. The minimum absolute atomic E-state index is 0. The number of hydrogen-bond acceptors (Lipinski definition) is 6. The van der Waals surface area contributed by atoms with E-state index in [2.05, 4.69) is 41.0 Å². The molecule has 0 radical (unpaired) electrons. The molecule has 1 aromatic heterocycles. The fraction of sp³-hybridized carbons (Fsp3) is 0.550. The van der Waals surface area contributed by atoms with Gasteiger partial charge in [0.05, 0.1) is 13.1 Å². The fourth-order valence-corrected chi connectivity index (χ4v) is 3.51. The molecule has 0 unspecified atom stereocenters. The SMILES string of the molecule is CC(C)c1ccc(-c2noc(CN3CCC(N(C)CC(=O)O)CC3)n2)cc1.Cl. The van der Waals surface area contributed by atoms with E-state index >= 15 is 0 Å². The van der Waals surface area contributed by atoms with Gasteiger partial charge in [0.2, 0.25) is 11.7 Å². The molecule has 7 nitrogen and oxygen atoms in total. The van der Waals surface area contributed by atoms with Crippen LogP contribution in [-0.4, -0.2) is 63.7 Å². The number of carboxylic acids is 1. The Kier molecular flexibility index (Phi) is 7.98. The van der Waals surface area contributed by atoms with Gasteiger partial charge < -0.3 is 9.63 Å². The molecule has 0 saturated carbocycles. The van der Waals surface area contributed by atoms with E-state index < -0.39 is 5.97 Å². The Morgan fingerprint density at radius 2 is 1.93 bits per heavy atom. The summed E-state index contributed by atoms with van der Waals surface area (Å²) < 4.78 is 5.44. The average Bonchev–Trinajstić information content (AvgIpc) is 3.10. The molecule has 1 aliphatic heterocycles. The Morgan fingerprint density at radius 3 is 2.50 bits per heavy atom. The topological polar surface area (TPSA) is 82.7 Å². The van der Waals surface area contributed by atoms with Crippen molar-refractivity contribution in [3.63, 3.8) is 0 Å². The number of benzene rings is 1. The summed E-state index contributed by atoms with van der Waals surface area (Å²) in [7, 11) is 1.88. The van der Waals surface area contributed by atoms with Crippen LogP contribution < -0.4 is 0 Å². The van der Waals surface area contributed by atoms with Crippen molar-refractivity contribution in [3.05, 3.63) is 35.7 Å². The Morgan fingerprint density at radius 1 is 1.29 bits per heavy atom. The predicted molar refractivity (Wildman–Crippen MR) is 110 cm³/mol. The van der Waals surface area contributed by atoms with E-state index in [0.29, 0.717) is 30.2 Å². The molecule has 0 spiro atoms. The Labute approximate surface area is 172 Å². The van der Waals surface area contributed by atoms with Crippen LogP contribution in [-0.2, 0) is 11.3 Å². The van der Waals surface area contributed by atoms with Crippen molar-refractivity contribution in [1.82, 2.24) is 19.9 Å². The van der Waals surface area contributed by atoms with Crippen LogP contribution in [0.4, 0.5) is 0 Å². The van der Waals surface area contributed by atoms with Crippen LogP contribution in [0.1, 0.15) is 44.1 Å². The van der Waals surface area contributed by atoms with Crippen molar-refractivity contribution in [1.29, 1.82) is 0 Å². The van der Waals surface area contributed by atoms with E-state index in [9.17, 15) is 4.79 Å². The van der Waals surface area contributed by atoms with Gasteiger partial charge in [0, 0.05) is 24.7 Å². The van der Waals surface area contributed by atoms with E-state index in [-0.39, 0.29) is 19.0 Å². The van der Waals surface area contributed by atoms with Crippen molar-refractivity contribution in [2.24, 2.45) is 0 Å². The van der Waals surface area contributed by atoms with Gasteiger partial charge in [-0.25, -0.2) is 0 Å². The standard InChI is InChI=1S/C20H28N4O3.ClH/c1-14(2)15-4-6-16(7-5-15)20-21-18(27-22-20)12-24-10-8-17(9-11-24)23(3)13-19(25)26;/h4-7,14,17H,8-13H2,1-3H3,(H,25,26);1H. The number of aliphatic carboxylic acids is 1. The highest BCUT2D eigenvalue weighted by atomic mass is 35.5. The van der Waals surface area contributed by atoms with Crippen molar-refractivity contribution in [2.75, 3.05) is 26.7 Å². The lowest BCUT2D eigenvalue weighted by Crippen LogP contribution is -2.44. The lowest BCUT2D eigenvalue weighted by Gasteiger charge is -2.35. The maximum absolute atomic E-state index is 10.8. The number of hydrogen-bond donors (Lipinski definition) is 1. The van der Waals surface area contributed by atoms with Gasteiger partial charge in [0.15, 0.2) is 0 Å². The molecule has 1 aliphatic rings. The summed E-state index contributed by atoms with van der Waals surface area (Å²) in [4.78, 5) is 19.6.